The maximum Gasteiger partial charge on any atom is 0.416 e. The molecule has 3 rings (SSSR count). The van der Waals surface area contributed by atoms with Crippen LogP contribution in [0.15, 0.2) is 82.8 Å². The van der Waals surface area contributed by atoms with Crippen molar-refractivity contribution in [3.63, 3.8) is 0 Å². The SMILES string of the molecule is N#C/C(=C/c1cccc(OCc2ccc(Br)cc2)c1)C(=O)Nc1cccc(C(F)(F)F)c1. The molecule has 0 saturated heterocycles. The van der Waals surface area contributed by atoms with Gasteiger partial charge in [-0.3, -0.25) is 4.79 Å². The predicted molar refractivity (Wildman–Crippen MR) is 119 cm³/mol. The Hall–Kier alpha value is -3.57. The number of nitriles is 1. The topological polar surface area (TPSA) is 62.1 Å². The highest BCUT2D eigenvalue weighted by Crippen LogP contribution is 2.30. The van der Waals surface area contributed by atoms with Gasteiger partial charge in [0.2, 0.25) is 0 Å². The fraction of sp³-hybridized carbons (Fsp3) is 0.0833. The molecule has 0 unspecified atom stereocenters. The second kappa shape index (κ2) is 10.2. The number of nitrogens with one attached hydrogen (secondary N) is 1. The van der Waals surface area contributed by atoms with Crippen LogP contribution in [0.3, 0.4) is 0 Å². The molecule has 0 aromatic heterocycles. The summed E-state index contributed by atoms with van der Waals surface area (Å²) in [5, 5.41) is 11.7. The number of anilines is 1. The quantitative estimate of drug-likeness (QED) is 0.306. The smallest absolute Gasteiger partial charge is 0.416 e. The third-order valence-corrected chi connectivity index (χ3v) is 4.83. The third kappa shape index (κ3) is 6.46. The predicted octanol–water partition coefficient (Wildman–Crippen LogP) is 6.59. The number of hydrogen-bond donors (Lipinski definition) is 1. The number of alkyl halides is 3. The molecule has 3 aromatic carbocycles. The molecule has 0 aliphatic rings. The van der Waals surface area contributed by atoms with E-state index >= 15 is 0 Å². The zero-order valence-corrected chi connectivity index (χ0v) is 18.1. The van der Waals surface area contributed by atoms with Crippen LogP contribution in [-0.2, 0) is 17.6 Å². The van der Waals surface area contributed by atoms with Gasteiger partial charge in [0.25, 0.3) is 5.91 Å². The number of carbonyl (C=O) groups is 1. The number of carbonyl (C=O) groups excluding carboxylic acids is 1. The minimum absolute atomic E-state index is 0.0578. The summed E-state index contributed by atoms with van der Waals surface area (Å²) in [5.74, 6) is -0.273. The van der Waals surface area contributed by atoms with Crippen LogP contribution in [0.5, 0.6) is 5.75 Å². The molecule has 0 fully saturated rings. The molecule has 4 nitrogen and oxygen atoms in total. The maximum absolute atomic E-state index is 12.9. The van der Waals surface area contributed by atoms with E-state index in [9.17, 15) is 23.2 Å². The fourth-order valence-electron chi connectivity index (χ4n) is 2.73. The van der Waals surface area contributed by atoms with Crippen molar-refractivity contribution in [2.45, 2.75) is 12.8 Å². The summed E-state index contributed by atoms with van der Waals surface area (Å²) in [4.78, 5) is 12.4. The van der Waals surface area contributed by atoms with Crippen molar-refractivity contribution in [3.8, 4) is 11.8 Å². The maximum atomic E-state index is 12.9. The van der Waals surface area contributed by atoms with E-state index in [0.29, 0.717) is 17.9 Å². The molecule has 162 valence electrons. The Balaban J connectivity index is 1.71. The van der Waals surface area contributed by atoms with Crippen LogP contribution >= 0.6 is 15.9 Å². The lowest BCUT2D eigenvalue weighted by Crippen LogP contribution is -2.14. The Morgan fingerprint density at radius 1 is 1.06 bits per heavy atom. The molecule has 0 spiro atoms. The number of hydrogen-bond acceptors (Lipinski definition) is 3. The van der Waals surface area contributed by atoms with Gasteiger partial charge in [0.15, 0.2) is 0 Å². The van der Waals surface area contributed by atoms with Crippen LogP contribution < -0.4 is 10.1 Å². The van der Waals surface area contributed by atoms with Crippen LogP contribution in [0.2, 0.25) is 0 Å². The molecule has 0 aliphatic carbocycles. The number of benzene rings is 3. The van der Waals surface area contributed by atoms with Crippen molar-refractivity contribution < 1.29 is 22.7 Å². The molecule has 0 aliphatic heterocycles. The number of nitrogens with zero attached hydrogens (tertiary/aromatic N) is 1. The number of ether oxygens (including phenoxy) is 1. The first-order valence-corrected chi connectivity index (χ1v) is 10.1. The molecule has 0 saturated carbocycles. The first-order valence-electron chi connectivity index (χ1n) is 9.32. The lowest BCUT2D eigenvalue weighted by atomic mass is 10.1. The Bertz CT molecular complexity index is 1180. The summed E-state index contributed by atoms with van der Waals surface area (Å²) >= 11 is 3.37. The highest BCUT2D eigenvalue weighted by Gasteiger charge is 2.30. The van der Waals surface area contributed by atoms with Gasteiger partial charge in [-0.05, 0) is 59.7 Å². The largest absolute Gasteiger partial charge is 0.489 e. The summed E-state index contributed by atoms with van der Waals surface area (Å²) in [6.45, 7) is 0.335. The minimum Gasteiger partial charge on any atom is -0.489 e. The number of amides is 1. The summed E-state index contributed by atoms with van der Waals surface area (Å²) < 4.78 is 45.3. The van der Waals surface area contributed by atoms with E-state index in [0.717, 1.165) is 22.2 Å². The van der Waals surface area contributed by atoms with E-state index < -0.39 is 17.6 Å². The molecule has 0 heterocycles. The molecule has 32 heavy (non-hydrogen) atoms. The van der Waals surface area contributed by atoms with Gasteiger partial charge in [0.05, 0.1) is 5.56 Å². The van der Waals surface area contributed by atoms with Crippen LogP contribution in [0.4, 0.5) is 18.9 Å². The molecule has 1 amide bonds. The van der Waals surface area contributed by atoms with Gasteiger partial charge >= 0.3 is 6.18 Å². The fourth-order valence-corrected chi connectivity index (χ4v) is 2.99. The van der Waals surface area contributed by atoms with E-state index in [1.54, 1.807) is 30.3 Å². The first kappa shape index (κ1) is 23.1. The second-order valence-corrected chi connectivity index (χ2v) is 7.61. The summed E-state index contributed by atoms with van der Waals surface area (Å²) in [5.41, 5.74) is 0.291. The van der Waals surface area contributed by atoms with E-state index in [1.165, 1.54) is 18.2 Å². The summed E-state index contributed by atoms with van der Waals surface area (Å²) in [6.07, 6.45) is -3.19. The molecule has 1 N–H and O–H groups in total. The Morgan fingerprint density at radius 3 is 2.47 bits per heavy atom. The molecule has 8 heteroatoms. The summed E-state index contributed by atoms with van der Waals surface area (Å²) in [7, 11) is 0. The van der Waals surface area contributed by atoms with Crippen LogP contribution in [0.1, 0.15) is 16.7 Å². The number of halogens is 4. The number of rotatable bonds is 6. The van der Waals surface area contributed by atoms with Crippen molar-refractivity contribution in [2.24, 2.45) is 0 Å². The van der Waals surface area contributed by atoms with E-state index in [2.05, 4.69) is 21.2 Å². The van der Waals surface area contributed by atoms with Gasteiger partial charge in [-0.1, -0.05) is 46.3 Å². The summed E-state index contributed by atoms with van der Waals surface area (Å²) in [6, 6.07) is 20.4. The van der Waals surface area contributed by atoms with Crippen molar-refractivity contribution >= 4 is 33.6 Å². The minimum atomic E-state index is -4.54. The van der Waals surface area contributed by atoms with Gasteiger partial charge in [-0.15, -0.1) is 0 Å². The Labute approximate surface area is 191 Å². The molecular formula is C24H16BrF3N2O2. The van der Waals surface area contributed by atoms with Crippen molar-refractivity contribution in [1.29, 1.82) is 5.26 Å². The first-order chi connectivity index (χ1) is 15.2. The highest BCUT2D eigenvalue weighted by molar-refractivity contribution is 9.10. The van der Waals surface area contributed by atoms with Gasteiger partial charge in [-0.25, -0.2) is 0 Å². The van der Waals surface area contributed by atoms with E-state index in [-0.39, 0.29) is 11.3 Å². The molecule has 0 atom stereocenters. The van der Waals surface area contributed by atoms with E-state index in [1.807, 2.05) is 24.3 Å². The lowest BCUT2D eigenvalue weighted by molar-refractivity contribution is -0.137. The zero-order valence-electron chi connectivity index (χ0n) is 16.5. The monoisotopic (exact) mass is 500 g/mol. The lowest BCUT2D eigenvalue weighted by Gasteiger charge is -2.10. The van der Waals surface area contributed by atoms with E-state index in [4.69, 9.17) is 4.74 Å². The van der Waals surface area contributed by atoms with Crippen molar-refractivity contribution in [3.05, 3.63) is 99.5 Å². The average molecular weight is 501 g/mol. The van der Waals surface area contributed by atoms with Gasteiger partial charge in [0, 0.05) is 10.2 Å². The van der Waals surface area contributed by atoms with Crippen LogP contribution in [-0.4, -0.2) is 5.91 Å². The molecule has 0 radical (unpaired) electrons. The van der Waals surface area contributed by atoms with Gasteiger partial charge < -0.3 is 10.1 Å². The van der Waals surface area contributed by atoms with Gasteiger partial charge in [0.1, 0.15) is 24.0 Å². The van der Waals surface area contributed by atoms with Crippen LogP contribution in [0.25, 0.3) is 6.08 Å². The standard InChI is InChI=1S/C24H16BrF3N2O2/c25-20-9-7-16(8-10-20)15-32-22-6-1-3-17(12-22)11-18(14-29)23(31)30-21-5-2-4-19(13-21)24(26,27)28/h1-13H,15H2,(H,30,31)/b18-11-. The normalized spacial score (nSPS) is 11.5. The molecular weight excluding hydrogens is 485 g/mol. The Kier molecular flexibility index (Phi) is 7.33. The zero-order chi connectivity index (χ0) is 23.1. The molecule has 3 aromatic rings. The second-order valence-electron chi connectivity index (χ2n) is 6.69. The van der Waals surface area contributed by atoms with Crippen molar-refractivity contribution in [2.75, 3.05) is 5.32 Å². The van der Waals surface area contributed by atoms with Gasteiger partial charge in [-0.2, -0.15) is 18.4 Å². The van der Waals surface area contributed by atoms with Crippen LogP contribution in [0, 0.1) is 11.3 Å². The Morgan fingerprint density at radius 2 is 1.78 bits per heavy atom. The average Bonchev–Trinajstić information content (AvgIpc) is 2.77. The van der Waals surface area contributed by atoms with Crippen molar-refractivity contribution in [1.82, 2.24) is 0 Å². The molecule has 0 bridgehead atoms. The highest BCUT2D eigenvalue weighted by atomic mass is 79.9. The third-order valence-electron chi connectivity index (χ3n) is 4.30.